The van der Waals surface area contributed by atoms with Crippen LogP contribution in [0.3, 0.4) is 0 Å². The zero-order chi connectivity index (χ0) is 15.2. The summed E-state index contributed by atoms with van der Waals surface area (Å²) < 4.78 is 0. The molecule has 110 valence electrons. The molecule has 2 aromatic rings. The van der Waals surface area contributed by atoms with Crippen molar-refractivity contribution in [3.63, 3.8) is 0 Å². The molecule has 2 rings (SSSR count). The van der Waals surface area contributed by atoms with Crippen LogP contribution in [-0.2, 0) is 0 Å². The Balaban J connectivity index is 2.11. The summed E-state index contributed by atoms with van der Waals surface area (Å²) in [4.78, 5) is 20.1. The highest BCUT2D eigenvalue weighted by molar-refractivity contribution is 5.92. The number of carbonyl (C=O) groups is 1. The Kier molecular flexibility index (Phi) is 4.87. The summed E-state index contributed by atoms with van der Waals surface area (Å²) in [6.07, 6.45) is 3.96. The van der Waals surface area contributed by atoms with Crippen molar-refractivity contribution < 1.29 is 4.79 Å². The first-order valence-electron chi connectivity index (χ1n) is 7.05. The van der Waals surface area contributed by atoms with Crippen molar-refractivity contribution in [2.24, 2.45) is 0 Å². The number of para-hydroxylation sites is 1. The lowest BCUT2D eigenvalue weighted by atomic mass is 10.1. The van der Waals surface area contributed by atoms with Gasteiger partial charge in [-0.1, -0.05) is 25.1 Å². The fourth-order valence-corrected chi connectivity index (χ4v) is 1.98. The van der Waals surface area contributed by atoms with Crippen LogP contribution in [0.15, 0.2) is 30.6 Å². The highest BCUT2D eigenvalue weighted by Crippen LogP contribution is 2.22. The van der Waals surface area contributed by atoms with Crippen molar-refractivity contribution >= 4 is 17.4 Å². The van der Waals surface area contributed by atoms with Gasteiger partial charge in [-0.25, -0.2) is 9.97 Å². The number of hydrogen-bond donors (Lipinski definition) is 2. The lowest BCUT2D eigenvalue weighted by Crippen LogP contribution is -2.25. The van der Waals surface area contributed by atoms with E-state index in [-0.39, 0.29) is 5.91 Å². The number of rotatable bonds is 5. The fraction of sp³-hybridized carbons (Fsp3) is 0.312. The maximum Gasteiger partial charge on any atom is 0.271 e. The summed E-state index contributed by atoms with van der Waals surface area (Å²) in [5, 5.41) is 6.02. The van der Waals surface area contributed by atoms with E-state index in [4.69, 9.17) is 0 Å². The van der Waals surface area contributed by atoms with Crippen molar-refractivity contribution in [1.29, 1.82) is 0 Å². The molecule has 1 aromatic carbocycles. The van der Waals surface area contributed by atoms with E-state index in [0.717, 1.165) is 23.2 Å². The molecule has 0 unspecified atom stereocenters. The van der Waals surface area contributed by atoms with Gasteiger partial charge in [0, 0.05) is 12.2 Å². The number of aromatic nitrogens is 2. The van der Waals surface area contributed by atoms with E-state index in [9.17, 15) is 4.79 Å². The Hall–Kier alpha value is -2.43. The zero-order valence-electron chi connectivity index (χ0n) is 12.6. The van der Waals surface area contributed by atoms with Crippen LogP contribution in [0.5, 0.6) is 0 Å². The smallest absolute Gasteiger partial charge is 0.271 e. The molecule has 5 heteroatoms. The third-order valence-corrected chi connectivity index (χ3v) is 3.15. The second-order valence-electron chi connectivity index (χ2n) is 4.93. The number of amides is 1. The minimum Gasteiger partial charge on any atom is -0.351 e. The lowest BCUT2D eigenvalue weighted by Gasteiger charge is -2.11. The number of hydrogen-bond acceptors (Lipinski definition) is 4. The Labute approximate surface area is 124 Å². The average Bonchev–Trinajstić information content (AvgIpc) is 2.49. The minimum absolute atomic E-state index is 0.192. The molecule has 0 aliphatic rings. The zero-order valence-corrected chi connectivity index (χ0v) is 12.6. The molecule has 21 heavy (non-hydrogen) atoms. The Bertz CT molecular complexity index is 602. The van der Waals surface area contributed by atoms with Gasteiger partial charge in [0.15, 0.2) is 0 Å². The molecule has 0 spiro atoms. The molecule has 1 heterocycles. The lowest BCUT2D eigenvalue weighted by molar-refractivity contribution is 0.0948. The third kappa shape index (κ3) is 3.78. The van der Waals surface area contributed by atoms with Crippen molar-refractivity contribution in [3.05, 3.63) is 47.4 Å². The van der Waals surface area contributed by atoms with E-state index in [0.29, 0.717) is 18.1 Å². The molecular formula is C16H20N4O. The number of nitrogens with one attached hydrogen (secondary N) is 2. The van der Waals surface area contributed by atoms with Gasteiger partial charge >= 0.3 is 0 Å². The number of nitrogens with zero attached hydrogens (tertiary/aromatic N) is 2. The summed E-state index contributed by atoms with van der Waals surface area (Å²) in [6.45, 7) is 6.72. The minimum atomic E-state index is -0.192. The Morgan fingerprint density at radius 2 is 1.86 bits per heavy atom. The van der Waals surface area contributed by atoms with Crippen LogP contribution in [0, 0.1) is 13.8 Å². The van der Waals surface area contributed by atoms with Crippen LogP contribution in [-0.4, -0.2) is 22.4 Å². The van der Waals surface area contributed by atoms with Gasteiger partial charge in [0.05, 0.1) is 12.4 Å². The van der Waals surface area contributed by atoms with Crippen molar-refractivity contribution in [1.82, 2.24) is 15.3 Å². The summed E-state index contributed by atoms with van der Waals surface area (Å²) in [5.41, 5.74) is 3.63. The summed E-state index contributed by atoms with van der Waals surface area (Å²) in [7, 11) is 0. The molecule has 0 aliphatic heterocycles. The van der Waals surface area contributed by atoms with E-state index < -0.39 is 0 Å². The van der Waals surface area contributed by atoms with E-state index >= 15 is 0 Å². The molecule has 0 radical (unpaired) electrons. The maximum absolute atomic E-state index is 11.7. The van der Waals surface area contributed by atoms with E-state index in [1.165, 1.54) is 6.20 Å². The molecule has 0 atom stereocenters. The van der Waals surface area contributed by atoms with Gasteiger partial charge in [-0.2, -0.15) is 0 Å². The van der Waals surface area contributed by atoms with Gasteiger partial charge in [-0.05, 0) is 31.4 Å². The second kappa shape index (κ2) is 6.83. The van der Waals surface area contributed by atoms with Gasteiger partial charge in [0.2, 0.25) is 0 Å². The van der Waals surface area contributed by atoms with E-state index in [2.05, 4.69) is 20.6 Å². The summed E-state index contributed by atoms with van der Waals surface area (Å²) >= 11 is 0. The van der Waals surface area contributed by atoms with Gasteiger partial charge < -0.3 is 10.6 Å². The highest BCUT2D eigenvalue weighted by atomic mass is 16.1. The van der Waals surface area contributed by atoms with Crippen molar-refractivity contribution in [2.45, 2.75) is 27.2 Å². The van der Waals surface area contributed by atoms with Crippen LogP contribution < -0.4 is 10.6 Å². The van der Waals surface area contributed by atoms with Gasteiger partial charge in [0.25, 0.3) is 5.91 Å². The summed E-state index contributed by atoms with van der Waals surface area (Å²) in [6, 6.07) is 6.09. The van der Waals surface area contributed by atoms with Crippen molar-refractivity contribution in [2.75, 3.05) is 11.9 Å². The van der Waals surface area contributed by atoms with Crippen molar-refractivity contribution in [3.8, 4) is 0 Å². The molecular weight excluding hydrogens is 264 g/mol. The molecule has 2 N–H and O–H groups in total. The first-order valence-corrected chi connectivity index (χ1v) is 7.05. The molecule has 0 bridgehead atoms. The Morgan fingerprint density at radius 3 is 2.43 bits per heavy atom. The van der Waals surface area contributed by atoms with Crippen LogP contribution in [0.2, 0.25) is 0 Å². The third-order valence-electron chi connectivity index (χ3n) is 3.15. The first-order chi connectivity index (χ1) is 10.1. The topological polar surface area (TPSA) is 66.9 Å². The van der Waals surface area contributed by atoms with Gasteiger partial charge in [-0.3, -0.25) is 4.79 Å². The molecule has 0 aliphatic carbocycles. The highest BCUT2D eigenvalue weighted by Gasteiger charge is 2.08. The van der Waals surface area contributed by atoms with Gasteiger partial charge in [0.1, 0.15) is 11.5 Å². The first kappa shape index (κ1) is 15.0. The largest absolute Gasteiger partial charge is 0.351 e. The molecule has 1 amide bonds. The SMILES string of the molecule is CCCNC(=O)c1cnc(Nc2c(C)cccc2C)cn1. The quantitative estimate of drug-likeness (QED) is 0.885. The van der Waals surface area contributed by atoms with Crippen LogP contribution >= 0.6 is 0 Å². The average molecular weight is 284 g/mol. The predicted octanol–water partition coefficient (Wildman–Crippen LogP) is 2.98. The number of carbonyl (C=O) groups excluding carboxylic acids is 1. The van der Waals surface area contributed by atoms with E-state index in [1.54, 1.807) is 6.20 Å². The second-order valence-corrected chi connectivity index (χ2v) is 4.93. The van der Waals surface area contributed by atoms with E-state index in [1.807, 2.05) is 39.0 Å². The molecule has 0 fully saturated rings. The summed E-state index contributed by atoms with van der Waals surface area (Å²) in [5.74, 6) is 0.433. The molecule has 0 saturated heterocycles. The normalized spacial score (nSPS) is 10.2. The fourth-order valence-electron chi connectivity index (χ4n) is 1.98. The molecule has 1 aromatic heterocycles. The monoisotopic (exact) mass is 284 g/mol. The standard InChI is InChI=1S/C16H20N4O/c1-4-8-17-16(21)13-9-19-14(10-18-13)20-15-11(2)6-5-7-12(15)3/h5-7,9-10H,4,8H2,1-3H3,(H,17,21)(H,19,20). The predicted molar refractivity (Wildman–Crippen MR) is 83.9 cm³/mol. The number of aryl methyl sites for hydroxylation is 2. The number of benzene rings is 1. The van der Waals surface area contributed by atoms with Crippen LogP contribution in [0.25, 0.3) is 0 Å². The molecule has 0 saturated carbocycles. The maximum atomic E-state index is 11.7. The van der Waals surface area contributed by atoms with Gasteiger partial charge in [-0.15, -0.1) is 0 Å². The Morgan fingerprint density at radius 1 is 1.14 bits per heavy atom. The molecule has 5 nitrogen and oxygen atoms in total. The van der Waals surface area contributed by atoms with Crippen LogP contribution in [0.4, 0.5) is 11.5 Å². The van der Waals surface area contributed by atoms with Crippen LogP contribution in [0.1, 0.15) is 35.0 Å². The number of anilines is 2.